The topological polar surface area (TPSA) is 66.5 Å². The molecule has 0 aliphatic carbocycles. The van der Waals surface area contributed by atoms with Gasteiger partial charge in [-0.2, -0.15) is 15.1 Å². The summed E-state index contributed by atoms with van der Waals surface area (Å²) in [6.07, 6.45) is 2.82. The first-order valence-corrected chi connectivity index (χ1v) is 5.69. The van der Waals surface area contributed by atoms with Crippen molar-refractivity contribution >= 4 is 28.5 Å². The average Bonchev–Trinajstić information content (AvgIpc) is 2.73. The lowest BCUT2D eigenvalue weighted by atomic mass is 10.1. The van der Waals surface area contributed by atoms with Crippen LogP contribution in [0.1, 0.15) is 20.3 Å². The third-order valence-corrected chi connectivity index (χ3v) is 2.77. The zero-order valence-corrected chi connectivity index (χ0v) is 10.0. The van der Waals surface area contributed by atoms with Crippen molar-refractivity contribution in [1.29, 1.82) is 0 Å². The van der Waals surface area contributed by atoms with E-state index in [2.05, 4.69) is 39.3 Å². The molecule has 0 aliphatic rings. The van der Waals surface area contributed by atoms with Crippen LogP contribution < -0.4 is 5.32 Å². The number of aromatic nitrogens is 4. The van der Waals surface area contributed by atoms with Crippen LogP contribution in [0.25, 0.3) is 11.0 Å². The van der Waals surface area contributed by atoms with Crippen molar-refractivity contribution in [3.63, 3.8) is 0 Å². The Kier molecular flexibility index (Phi) is 3.24. The fourth-order valence-corrected chi connectivity index (χ4v) is 1.53. The van der Waals surface area contributed by atoms with Gasteiger partial charge in [0.1, 0.15) is 5.82 Å². The molecule has 1 atom stereocenters. The lowest BCUT2D eigenvalue weighted by Gasteiger charge is -2.10. The number of H-pyrrole nitrogens is 1. The van der Waals surface area contributed by atoms with Gasteiger partial charge in [0, 0.05) is 6.54 Å². The predicted octanol–water partition coefficient (Wildman–Crippen LogP) is 2.46. The molecule has 0 spiro atoms. The minimum absolute atomic E-state index is 0.225. The van der Waals surface area contributed by atoms with Crippen molar-refractivity contribution in [1.82, 2.24) is 20.2 Å². The molecule has 0 aliphatic heterocycles. The van der Waals surface area contributed by atoms with Crippen LogP contribution in [0.5, 0.6) is 0 Å². The number of hydrogen-bond donors (Lipinski definition) is 2. The maximum Gasteiger partial charge on any atom is 0.226 e. The zero-order valence-electron chi connectivity index (χ0n) is 9.29. The summed E-state index contributed by atoms with van der Waals surface area (Å²) in [5.41, 5.74) is 0.659. The number of nitrogens with zero attached hydrogens (tertiary/aromatic N) is 3. The highest BCUT2D eigenvalue weighted by Gasteiger charge is 2.08. The Morgan fingerprint density at radius 1 is 1.50 bits per heavy atom. The molecule has 2 aromatic rings. The Hall–Kier alpha value is -1.36. The first kappa shape index (κ1) is 11.1. The maximum atomic E-state index is 5.82. The van der Waals surface area contributed by atoms with Crippen LogP contribution in [0, 0.1) is 5.92 Å². The van der Waals surface area contributed by atoms with E-state index in [0.29, 0.717) is 11.6 Å². The molecular formula is C10H14ClN5. The lowest BCUT2D eigenvalue weighted by molar-refractivity contribution is 0.593. The highest BCUT2D eigenvalue weighted by molar-refractivity contribution is 6.28. The second-order valence-electron chi connectivity index (χ2n) is 3.87. The number of fused-ring (bicyclic) bond motifs is 1. The fraction of sp³-hybridized carbons (Fsp3) is 0.500. The van der Waals surface area contributed by atoms with Crippen LogP contribution in [0.15, 0.2) is 6.20 Å². The van der Waals surface area contributed by atoms with Gasteiger partial charge in [0.2, 0.25) is 5.28 Å². The van der Waals surface area contributed by atoms with Crippen molar-refractivity contribution in [3.05, 3.63) is 11.5 Å². The summed E-state index contributed by atoms with van der Waals surface area (Å²) >= 11 is 5.82. The highest BCUT2D eigenvalue weighted by Crippen LogP contribution is 2.20. The number of halogens is 1. The molecule has 0 bridgehead atoms. The van der Waals surface area contributed by atoms with Crippen molar-refractivity contribution in [2.24, 2.45) is 5.92 Å². The van der Waals surface area contributed by atoms with E-state index < -0.39 is 0 Å². The molecule has 86 valence electrons. The van der Waals surface area contributed by atoms with Gasteiger partial charge in [-0.1, -0.05) is 20.3 Å². The first-order chi connectivity index (χ1) is 7.70. The summed E-state index contributed by atoms with van der Waals surface area (Å²) < 4.78 is 0. The first-order valence-electron chi connectivity index (χ1n) is 5.31. The smallest absolute Gasteiger partial charge is 0.226 e. The minimum atomic E-state index is 0.225. The van der Waals surface area contributed by atoms with Gasteiger partial charge >= 0.3 is 0 Å². The second-order valence-corrected chi connectivity index (χ2v) is 4.21. The summed E-state index contributed by atoms with van der Waals surface area (Å²) in [6.45, 7) is 5.21. The average molecular weight is 240 g/mol. The molecule has 0 amide bonds. The van der Waals surface area contributed by atoms with E-state index in [1.165, 1.54) is 0 Å². The standard InChI is InChI=1S/C10H14ClN5/c1-3-6(2)4-12-8-7-5-13-16-9(7)15-10(11)14-8/h5-6H,3-4H2,1-2H3,(H2,12,13,14,15,16). The van der Waals surface area contributed by atoms with Crippen LogP contribution in [-0.4, -0.2) is 26.7 Å². The van der Waals surface area contributed by atoms with Crippen LogP contribution in [0.2, 0.25) is 5.28 Å². The van der Waals surface area contributed by atoms with E-state index in [-0.39, 0.29) is 5.28 Å². The molecule has 16 heavy (non-hydrogen) atoms. The van der Waals surface area contributed by atoms with E-state index in [1.807, 2.05) is 0 Å². The molecule has 2 aromatic heterocycles. The van der Waals surface area contributed by atoms with Gasteiger partial charge in [-0.05, 0) is 17.5 Å². The monoisotopic (exact) mass is 239 g/mol. The lowest BCUT2D eigenvalue weighted by Crippen LogP contribution is -2.11. The Morgan fingerprint density at radius 3 is 3.06 bits per heavy atom. The molecule has 6 heteroatoms. The molecule has 0 saturated heterocycles. The van der Waals surface area contributed by atoms with Crippen LogP contribution in [0.4, 0.5) is 5.82 Å². The maximum absolute atomic E-state index is 5.82. The number of hydrogen-bond acceptors (Lipinski definition) is 4. The van der Waals surface area contributed by atoms with E-state index in [1.54, 1.807) is 6.20 Å². The third kappa shape index (κ3) is 2.24. The molecular weight excluding hydrogens is 226 g/mol. The third-order valence-electron chi connectivity index (χ3n) is 2.60. The van der Waals surface area contributed by atoms with Crippen LogP contribution in [-0.2, 0) is 0 Å². The summed E-state index contributed by atoms with van der Waals surface area (Å²) in [7, 11) is 0. The Labute approximate surface area is 98.6 Å². The number of anilines is 1. The predicted molar refractivity (Wildman–Crippen MR) is 64.6 cm³/mol. The Balaban J connectivity index is 2.25. The van der Waals surface area contributed by atoms with E-state index in [0.717, 1.165) is 24.2 Å². The number of nitrogens with one attached hydrogen (secondary N) is 2. The van der Waals surface area contributed by atoms with Crippen molar-refractivity contribution < 1.29 is 0 Å². The molecule has 1 unspecified atom stereocenters. The summed E-state index contributed by atoms with van der Waals surface area (Å²) in [6, 6.07) is 0. The second kappa shape index (κ2) is 4.65. The van der Waals surface area contributed by atoms with Gasteiger partial charge in [-0.25, -0.2) is 0 Å². The molecule has 0 saturated carbocycles. The summed E-state index contributed by atoms with van der Waals surface area (Å²) in [5.74, 6) is 1.33. The quantitative estimate of drug-likeness (QED) is 0.805. The van der Waals surface area contributed by atoms with Crippen molar-refractivity contribution in [2.75, 3.05) is 11.9 Å². The summed E-state index contributed by atoms with van der Waals surface area (Å²) in [5, 5.41) is 11.1. The van der Waals surface area contributed by atoms with Gasteiger partial charge in [-0.3, -0.25) is 5.10 Å². The molecule has 0 radical (unpaired) electrons. The Bertz CT molecular complexity index is 481. The van der Waals surface area contributed by atoms with Gasteiger partial charge < -0.3 is 5.32 Å². The molecule has 2 rings (SSSR count). The highest BCUT2D eigenvalue weighted by atomic mass is 35.5. The zero-order chi connectivity index (χ0) is 11.5. The van der Waals surface area contributed by atoms with Gasteiger partial charge in [-0.15, -0.1) is 0 Å². The minimum Gasteiger partial charge on any atom is -0.369 e. The van der Waals surface area contributed by atoms with Gasteiger partial charge in [0.05, 0.1) is 11.6 Å². The molecule has 2 heterocycles. The molecule has 0 fully saturated rings. The number of aromatic amines is 1. The SMILES string of the molecule is CCC(C)CNc1nc(Cl)nc2[nH]ncc12. The normalized spacial score (nSPS) is 12.9. The molecule has 0 aromatic carbocycles. The fourth-order valence-electron chi connectivity index (χ4n) is 1.36. The van der Waals surface area contributed by atoms with Crippen LogP contribution in [0.3, 0.4) is 0 Å². The molecule has 5 nitrogen and oxygen atoms in total. The Morgan fingerprint density at radius 2 is 2.31 bits per heavy atom. The van der Waals surface area contributed by atoms with E-state index in [4.69, 9.17) is 11.6 Å². The van der Waals surface area contributed by atoms with Crippen molar-refractivity contribution in [2.45, 2.75) is 20.3 Å². The van der Waals surface area contributed by atoms with Gasteiger partial charge in [0.25, 0.3) is 0 Å². The summed E-state index contributed by atoms with van der Waals surface area (Å²) in [4.78, 5) is 8.20. The van der Waals surface area contributed by atoms with Crippen LogP contribution >= 0.6 is 11.6 Å². The largest absolute Gasteiger partial charge is 0.369 e. The number of rotatable bonds is 4. The van der Waals surface area contributed by atoms with Crippen molar-refractivity contribution in [3.8, 4) is 0 Å². The molecule has 2 N–H and O–H groups in total. The van der Waals surface area contributed by atoms with E-state index in [9.17, 15) is 0 Å². The van der Waals surface area contributed by atoms with E-state index >= 15 is 0 Å². The van der Waals surface area contributed by atoms with Gasteiger partial charge in [0.15, 0.2) is 5.65 Å².